The lowest BCUT2D eigenvalue weighted by Crippen LogP contribution is -2.23. The minimum absolute atomic E-state index is 0.154. The van der Waals surface area contributed by atoms with Crippen LogP contribution in [0.2, 0.25) is 0 Å². The Balaban J connectivity index is 2.11. The number of hydrogen-bond acceptors (Lipinski definition) is 3. The van der Waals surface area contributed by atoms with Crippen molar-refractivity contribution in [3.63, 3.8) is 0 Å². The largest absolute Gasteiger partial charge is 0.466 e. The summed E-state index contributed by atoms with van der Waals surface area (Å²) in [6.45, 7) is 5.88. The molecule has 2 aromatic rings. The molecule has 0 aliphatic rings. The smallest absolute Gasteiger partial charge is 0.255 e. The Bertz CT molecular complexity index is 693. The molecule has 0 bridgehead atoms. The molecule has 1 amide bonds. The third kappa shape index (κ3) is 2.72. The van der Waals surface area contributed by atoms with Crippen molar-refractivity contribution in [3.05, 3.63) is 58.0 Å². The van der Waals surface area contributed by atoms with Crippen LogP contribution in [0.25, 0.3) is 0 Å². The van der Waals surface area contributed by atoms with E-state index in [9.17, 15) is 4.79 Å². The van der Waals surface area contributed by atoms with E-state index < -0.39 is 0 Å². The molecule has 1 N–H and O–H groups in total. The normalized spacial score (nSPS) is 10.1. The number of benzene rings is 1. The summed E-state index contributed by atoms with van der Waals surface area (Å²) >= 11 is 0. The Labute approximate surface area is 118 Å². The second-order valence-corrected chi connectivity index (χ2v) is 4.71. The molecular weight excluding hydrogens is 252 g/mol. The van der Waals surface area contributed by atoms with E-state index in [1.807, 2.05) is 19.9 Å². The Morgan fingerprint density at radius 2 is 2.05 bits per heavy atom. The molecule has 0 aliphatic carbocycles. The molecule has 0 atom stereocenters. The van der Waals surface area contributed by atoms with Gasteiger partial charge in [-0.25, -0.2) is 0 Å². The fourth-order valence-corrected chi connectivity index (χ4v) is 2.15. The van der Waals surface area contributed by atoms with Crippen molar-refractivity contribution in [2.24, 2.45) is 0 Å². The number of carbonyl (C=O) groups is 1. The molecule has 4 heteroatoms. The fourth-order valence-electron chi connectivity index (χ4n) is 2.15. The van der Waals surface area contributed by atoms with Crippen LogP contribution >= 0.6 is 0 Å². The number of carbonyl (C=O) groups excluding carboxylic acids is 1. The van der Waals surface area contributed by atoms with Gasteiger partial charge in [0.25, 0.3) is 5.91 Å². The van der Waals surface area contributed by atoms with E-state index in [4.69, 9.17) is 9.68 Å². The monoisotopic (exact) mass is 268 g/mol. The zero-order valence-corrected chi connectivity index (χ0v) is 11.8. The first-order valence-corrected chi connectivity index (χ1v) is 6.36. The molecule has 0 spiro atoms. The van der Waals surface area contributed by atoms with Crippen molar-refractivity contribution in [3.8, 4) is 6.07 Å². The number of nitriles is 1. The number of nitrogens with zero attached hydrogens (tertiary/aromatic N) is 1. The molecule has 0 saturated carbocycles. The molecule has 0 unspecified atom stereocenters. The summed E-state index contributed by atoms with van der Waals surface area (Å²) < 4.78 is 5.45. The number of furan rings is 1. The van der Waals surface area contributed by atoms with E-state index in [0.29, 0.717) is 23.4 Å². The third-order valence-electron chi connectivity index (χ3n) is 3.30. The summed E-state index contributed by atoms with van der Waals surface area (Å²) in [4.78, 5) is 12.2. The molecule has 20 heavy (non-hydrogen) atoms. The van der Waals surface area contributed by atoms with Crippen molar-refractivity contribution < 1.29 is 9.21 Å². The van der Waals surface area contributed by atoms with Crippen molar-refractivity contribution in [1.29, 1.82) is 5.26 Å². The SMILES string of the molecule is Cc1oc(C)c(C(=O)NCc2cccc(C#N)c2)c1C. The molecular formula is C16H16N2O2. The van der Waals surface area contributed by atoms with Crippen LogP contribution in [-0.2, 0) is 6.54 Å². The summed E-state index contributed by atoms with van der Waals surface area (Å²) in [6.07, 6.45) is 0. The molecule has 0 radical (unpaired) electrons. The summed E-state index contributed by atoms with van der Waals surface area (Å²) in [5.41, 5.74) is 2.95. The number of rotatable bonds is 3. The zero-order valence-electron chi connectivity index (χ0n) is 11.8. The van der Waals surface area contributed by atoms with Gasteiger partial charge in [0.1, 0.15) is 11.5 Å². The van der Waals surface area contributed by atoms with Crippen LogP contribution in [0.1, 0.15) is 38.6 Å². The van der Waals surface area contributed by atoms with Gasteiger partial charge < -0.3 is 9.73 Å². The average Bonchev–Trinajstić information content (AvgIpc) is 2.70. The highest BCUT2D eigenvalue weighted by Crippen LogP contribution is 2.20. The molecule has 1 heterocycles. The Morgan fingerprint density at radius 3 is 2.65 bits per heavy atom. The van der Waals surface area contributed by atoms with E-state index in [2.05, 4.69) is 11.4 Å². The lowest BCUT2D eigenvalue weighted by molar-refractivity contribution is 0.0949. The van der Waals surface area contributed by atoms with Gasteiger partial charge in [-0.1, -0.05) is 12.1 Å². The van der Waals surface area contributed by atoms with Gasteiger partial charge in [0, 0.05) is 12.1 Å². The third-order valence-corrected chi connectivity index (χ3v) is 3.30. The Kier molecular flexibility index (Phi) is 3.90. The van der Waals surface area contributed by atoms with Gasteiger partial charge in [0.05, 0.1) is 17.2 Å². The summed E-state index contributed by atoms with van der Waals surface area (Å²) in [5, 5.41) is 11.7. The molecule has 2 rings (SSSR count). The van der Waals surface area contributed by atoms with E-state index in [1.165, 1.54) is 0 Å². The predicted molar refractivity (Wildman–Crippen MR) is 75.2 cm³/mol. The Morgan fingerprint density at radius 1 is 1.30 bits per heavy atom. The lowest BCUT2D eigenvalue weighted by atomic mass is 10.1. The summed E-state index contributed by atoms with van der Waals surface area (Å²) in [5.74, 6) is 1.24. The van der Waals surface area contributed by atoms with E-state index >= 15 is 0 Å². The fraction of sp³-hybridized carbons (Fsp3) is 0.250. The van der Waals surface area contributed by atoms with Crippen LogP contribution in [0, 0.1) is 32.1 Å². The number of hydrogen-bond donors (Lipinski definition) is 1. The first-order chi connectivity index (χ1) is 9.52. The standard InChI is InChI=1S/C16H16N2O2/c1-10-11(2)20-12(3)15(10)16(19)18-9-14-6-4-5-13(7-14)8-17/h4-7H,9H2,1-3H3,(H,18,19). The molecule has 102 valence electrons. The summed E-state index contributed by atoms with van der Waals surface area (Å²) in [6, 6.07) is 9.26. The van der Waals surface area contributed by atoms with E-state index in [1.54, 1.807) is 25.1 Å². The first-order valence-electron chi connectivity index (χ1n) is 6.36. The minimum Gasteiger partial charge on any atom is -0.466 e. The highest BCUT2D eigenvalue weighted by molar-refractivity contribution is 5.96. The second kappa shape index (κ2) is 5.62. The maximum Gasteiger partial charge on any atom is 0.255 e. The topological polar surface area (TPSA) is 66.0 Å². The van der Waals surface area contributed by atoms with Crippen LogP contribution in [0.4, 0.5) is 0 Å². The summed E-state index contributed by atoms with van der Waals surface area (Å²) in [7, 11) is 0. The van der Waals surface area contributed by atoms with Crippen LogP contribution in [-0.4, -0.2) is 5.91 Å². The average molecular weight is 268 g/mol. The second-order valence-electron chi connectivity index (χ2n) is 4.71. The van der Waals surface area contributed by atoms with E-state index in [0.717, 1.165) is 16.9 Å². The van der Waals surface area contributed by atoms with Crippen LogP contribution in [0.5, 0.6) is 0 Å². The number of aryl methyl sites for hydroxylation is 2. The van der Waals surface area contributed by atoms with Gasteiger partial charge in [-0.15, -0.1) is 0 Å². The van der Waals surface area contributed by atoms with Crippen molar-refractivity contribution >= 4 is 5.91 Å². The van der Waals surface area contributed by atoms with Gasteiger partial charge in [0.15, 0.2) is 0 Å². The molecule has 0 fully saturated rings. The van der Waals surface area contributed by atoms with Crippen molar-refractivity contribution in [2.75, 3.05) is 0 Å². The van der Waals surface area contributed by atoms with Gasteiger partial charge in [-0.2, -0.15) is 5.26 Å². The molecule has 4 nitrogen and oxygen atoms in total. The van der Waals surface area contributed by atoms with E-state index in [-0.39, 0.29) is 5.91 Å². The minimum atomic E-state index is -0.154. The Hall–Kier alpha value is -2.54. The van der Waals surface area contributed by atoms with Gasteiger partial charge in [-0.05, 0) is 38.5 Å². The van der Waals surface area contributed by atoms with Crippen molar-refractivity contribution in [1.82, 2.24) is 5.32 Å². The highest BCUT2D eigenvalue weighted by Gasteiger charge is 2.18. The number of amides is 1. The maximum absolute atomic E-state index is 12.2. The van der Waals surface area contributed by atoms with Crippen LogP contribution in [0.15, 0.2) is 28.7 Å². The molecule has 0 saturated heterocycles. The van der Waals surface area contributed by atoms with Gasteiger partial charge in [-0.3, -0.25) is 4.79 Å². The van der Waals surface area contributed by atoms with Gasteiger partial charge in [0.2, 0.25) is 0 Å². The quantitative estimate of drug-likeness (QED) is 0.930. The highest BCUT2D eigenvalue weighted by atomic mass is 16.3. The van der Waals surface area contributed by atoms with Gasteiger partial charge >= 0.3 is 0 Å². The zero-order chi connectivity index (χ0) is 14.7. The van der Waals surface area contributed by atoms with Crippen LogP contribution in [0.3, 0.4) is 0 Å². The maximum atomic E-state index is 12.2. The predicted octanol–water partition coefficient (Wildman–Crippen LogP) is 3.01. The lowest BCUT2D eigenvalue weighted by Gasteiger charge is -2.06. The number of nitrogens with one attached hydrogen (secondary N) is 1. The van der Waals surface area contributed by atoms with Crippen molar-refractivity contribution in [2.45, 2.75) is 27.3 Å². The van der Waals surface area contributed by atoms with Crippen LogP contribution < -0.4 is 5.32 Å². The molecule has 0 aliphatic heterocycles. The molecule has 1 aromatic carbocycles. The molecule has 1 aromatic heterocycles. The first kappa shape index (κ1) is 13.9.